The van der Waals surface area contributed by atoms with Gasteiger partial charge in [0.15, 0.2) is 0 Å². The van der Waals surface area contributed by atoms with E-state index in [2.05, 4.69) is 60.0 Å². The van der Waals surface area contributed by atoms with Gasteiger partial charge in [0.25, 0.3) is 0 Å². The van der Waals surface area contributed by atoms with Gasteiger partial charge in [0, 0.05) is 0 Å². The molecule has 1 aliphatic rings. The standard InChI is InChI=1S/C11H20NO.3C4H9.Sn/c1-6-11(4)8-7-10(2,3)9(11)12-13-5;3*1-3-4-2;/h7,9,12H,6H2,1-5H3;3*1,3-4H2,2H3;. The van der Waals surface area contributed by atoms with Crippen LogP contribution in [0.2, 0.25) is 13.3 Å². The summed E-state index contributed by atoms with van der Waals surface area (Å²) in [6.07, 6.45) is 12.3. The molecule has 0 saturated heterocycles. The topological polar surface area (TPSA) is 21.3 Å². The fourth-order valence-corrected chi connectivity index (χ4v) is 25.1. The molecule has 1 N–H and O–H groups in total. The predicted molar refractivity (Wildman–Crippen MR) is 119 cm³/mol. The maximum atomic E-state index is 5.50. The Balaban J connectivity index is 3.43. The van der Waals surface area contributed by atoms with Gasteiger partial charge in [-0.25, -0.2) is 0 Å². The minimum absolute atomic E-state index is 0.170. The van der Waals surface area contributed by atoms with Crippen LogP contribution >= 0.6 is 0 Å². The zero-order valence-electron chi connectivity index (χ0n) is 19.1. The van der Waals surface area contributed by atoms with E-state index in [1.54, 1.807) is 20.4 Å². The Kier molecular flexibility index (Phi) is 10.2. The Hall–Kier alpha value is 0.459. The van der Waals surface area contributed by atoms with Crippen LogP contribution in [-0.4, -0.2) is 31.5 Å². The molecular weight excluding hydrogens is 425 g/mol. The fraction of sp³-hybridized carbons (Fsp3) is 0.913. The van der Waals surface area contributed by atoms with Crippen LogP contribution in [0.25, 0.3) is 0 Å². The van der Waals surface area contributed by atoms with Crippen LogP contribution in [-0.2, 0) is 4.84 Å². The molecule has 2 nitrogen and oxygen atoms in total. The van der Waals surface area contributed by atoms with E-state index in [4.69, 9.17) is 4.84 Å². The summed E-state index contributed by atoms with van der Waals surface area (Å²) in [5.41, 5.74) is 3.85. The monoisotopic (exact) mass is 473 g/mol. The van der Waals surface area contributed by atoms with Crippen LogP contribution in [0.4, 0.5) is 0 Å². The SMILES string of the molecule is CCC[CH2][Sn]([CH2]CCC)([CH2]CCC)[C]1=CC(C)(C)C(NOC)C1(C)CC. The third-order valence-corrected chi connectivity index (χ3v) is 23.6. The van der Waals surface area contributed by atoms with Gasteiger partial charge >= 0.3 is 169 Å². The second kappa shape index (κ2) is 10.9. The number of hydrogen-bond donors (Lipinski definition) is 1. The third kappa shape index (κ3) is 5.29. The molecule has 0 spiro atoms. The zero-order chi connectivity index (χ0) is 19.8. The number of nitrogens with one attached hydrogen (secondary N) is 1. The van der Waals surface area contributed by atoms with Crippen molar-refractivity contribution in [1.82, 2.24) is 5.48 Å². The van der Waals surface area contributed by atoms with Gasteiger partial charge in [0.1, 0.15) is 0 Å². The average Bonchev–Trinajstić information content (AvgIpc) is 2.83. The molecule has 0 fully saturated rings. The van der Waals surface area contributed by atoms with Crippen LogP contribution in [0.15, 0.2) is 9.67 Å². The first-order valence-corrected chi connectivity index (χ1v) is 18.8. The molecule has 0 aromatic carbocycles. The molecule has 1 aliphatic carbocycles. The van der Waals surface area contributed by atoms with Gasteiger partial charge in [-0.2, -0.15) is 0 Å². The van der Waals surface area contributed by atoms with E-state index >= 15 is 0 Å². The molecule has 26 heavy (non-hydrogen) atoms. The summed E-state index contributed by atoms with van der Waals surface area (Å²) >= 11 is -2.42. The van der Waals surface area contributed by atoms with E-state index in [9.17, 15) is 0 Å². The minimum atomic E-state index is -2.42. The summed E-state index contributed by atoms with van der Waals surface area (Å²) < 4.78 is 6.62. The Morgan fingerprint density at radius 3 is 1.73 bits per heavy atom. The van der Waals surface area contributed by atoms with Crippen LogP contribution in [0.3, 0.4) is 0 Å². The second-order valence-corrected chi connectivity index (χ2v) is 22.6. The van der Waals surface area contributed by atoms with Gasteiger partial charge in [0.05, 0.1) is 0 Å². The van der Waals surface area contributed by atoms with Gasteiger partial charge in [-0.1, -0.05) is 0 Å². The average molecular weight is 472 g/mol. The van der Waals surface area contributed by atoms with E-state index in [0.717, 1.165) is 0 Å². The van der Waals surface area contributed by atoms with Gasteiger partial charge in [-0.15, -0.1) is 0 Å². The molecule has 0 bridgehead atoms. The van der Waals surface area contributed by atoms with Crippen LogP contribution in [0.5, 0.6) is 0 Å². The molecule has 154 valence electrons. The quantitative estimate of drug-likeness (QED) is 0.225. The van der Waals surface area contributed by atoms with E-state index in [-0.39, 0.29) is 10.8 Å². The van der Waals surface area contributed by atoms with Crippen molar-refractivity contribution in [1.29, 1.82) is 0 Å². The van der Waals surface area contributed by atoms with Crippen molar-refractivity contribution >= 4 is 18.4 Å². The number of hydroxylamine groups is 1. The van der Waals surface area contributed by atoms with Crippen molar-refractivity contribution in [2.24, 2.45) is 10.8 Å². The Labute approximate surface area is 168 Å². The number of rotatable bonds is 13. The molecule has 2 atom stereocenters. The predicted octanol–water partition coefficient (Wildman–Crippen LogP) is 7.28. The molecule has 0 heterocycles. The summed E-state index contributed by atoms with van der Waals surface area (Å²) in [4.78, 5) is 5.50. The summed E-state index contributed by atoms with van der Waals surface area (Å²) in [5.74, 6) is 0. The van der Waals surface area contributed by atoms with Crippen molar-refractivity contribution < 1.29 is 4.84 Å². The molecule has 0 amide bonds. The molecule has 0 aromatic heterocycles. The Bertz CT molecular complexity index is 424. The fourth-order valence-electron chi connectivity index (χ4n) is 5.47. The van der Waals surface area contributed by atoms with E-state index in [1.165, 1.54) is 44.9 Å². The zero-order valence-corrected chi connectivity index (χ0v) is 22.0. The first-order valence-electron chi connectivity index (χ1n) is 11.3. The van der Waals surface area contributed by atoms with Crippen molar-refractivity contribution in [3.63, 3.8) is 0 Å². The maximum absolute atomic E-state index is 5.50. The summed E-state index contributed by atoms with van der Waals surface area (Å²) in [5, 5.41) is 0. The number of unbranched alkanes of at least 4 members (excludes halogenated alkanes) is 3. The van der Waals surface area contributed by atoms with Crippen molar-refractivity contribution in [3.8, 4) is 0 Å². The number of hydrogen-bond acceptors (Lipinski definition) is 2. The molecule has 0 aliphatic heterocycles. The van der Waals surface area contributed by atoms with Crippen molar-refractivity contribution in [2.45, 2.75) is 113 Å². The van der Waals surface area contributed by atoms with Crippen molar-refractivity contribution in [3.05, 3.63) is 9.67 Å². The van der Waals surface area contributed by atoms with E-state index in [0.29, 0.717) is 6.04 Å². The molecule has 3 heteroatoms. The van der Waals surface area contributed by atoms with Crippen molar-refractivity contribution in [2.75, 3.05) is 7.11 Å². The molecule has 0 radical (unpaired) electrons. The molecular formula is C23H47NOSn. The van der Waals surface area contributed by atoms with Gasteiger partial charge < -0.3 is 0 Å². The van der Waals surface area contributed by atoms with Crippen LogP contribution < -0.4 is 5.48 Å². The molecule has 0 saturated carbocycles. The van der Waals surface area contributed by atoms with Gasteiger partial charge in [-0.3, -0.25) is 0 Å². The van der Waals surface area contributed by atoms with E-state index < -0.39 is 18.4 Å². The van der Waals surface area contributed by atoms with E-state index in [1.807, 2.05) is 3.59 Å². The summed E-state index contributed by atoms with van der Waals surface area (Å²) in [6.45, 7) is 16.9. The molecule has 2 unspecified atom stereocenters. The van der Waals surface area contributed by atoms with Gasteiger partial charge in [0.2, 0.25) is 0 Å². The molecule has 0 aromatic rings. The second-order valence-electron chi connectivity index (χ2n) is 9.50. The van der Waals surface area contributed by atoms with Crippen LogP contribution in [0.1, 0.15) is 93.4 Å². The first kappa shape index (κ1) is 24.5. The Morgan fingerprint density at radius 2 is 1.38 bits per heavy atom. The summed E-state index contributed by atoms with van der Waals surface area (Å²) in [6, 6.07) is 0.390. The third-order valence-electron chi connectivity index (χ3n) is 7.08. The molecule has 1 rings (SSSR count). The van der Waals surface area contributed by atoms with Crippen LogP contribution in [0, 0.1) is 10.8 Å². The summed E-state index contributed by atoms with van der Waals surface area (Å²) in [7, 11) is 1.78. The first-order chi connectivity index (χ1) is 12.3. The van der Waals surface area contributed by atoms with Gasteiger partial charge in [-0.05, 0) is 0 Å². The Morgan fingerprint density at radius 1 is 0.923 bits per heavy atom. The normalized spacial score (nSPS) is 25.5.